The van der Waals surface area contributed by atoms with Crippen molar-refractivity contribution in [3.8, 4) is 23.5 Å². The Labute approximate surface area is 254 Å². The van der Waals surface area contributed by atoms with E-state index >= 15 is 0 Å². The normalized spacial score (nSPS) is 11.9. The van der Waals surface area contributed by atoms with Crippen LogP contribution in [0.5, 0.6) is 23.5 Å². The molecule has 0 aliphatic rings. The number of ether oxygens (including phenoxy) is 2. The predicted octanol–water partition coefficient (Wildman–Crippen LogP) is 9.19. The zero-order chi connectivity index (χ0) is 31.1. The van der Waals surface area contributed by atoms with Gasteiger partial charge in [-0.2, -0.15) is 28.2 Å². The van der Waals surface area contributed by atoms with Crippen molar-refractivity contribution in [2.75, 3.05) is 5.43 Å². The number of hydrogen-bond acceptors (Lipinski definition) is 8. The van der Waals surface area contributed by atoms with Crippen molar-refractivity contribution in [1.82, 2.24) is 15.0 Å². The van der Waals surface area contributed by atoms with E-state index in [4.69, 9.17) is 9.47 Å². The third-order valence-corrected chi connectivity index (χ3v) is 6.23. The van der Waals surface area contributed by atoms with Crippen LogP contribution in [-0.4, -0.2) is 20.8 Å². The molecule has 9 nitrogen and oxygen atoms in total. The maximum absolute atomic E-state index is 13.3. The Morgan fingerprint density at radius 1 is 0.644 bits per heavy atom. The zero-order valence-electron chi connectivity index (χ0n) is 23.3. The smallest absolute Gasteiger partial charge is 0.416 e. The second-order valence-electron chi connectivity index (χ2n) is 9.38. The number of halogens is 3. The summed E-state index contributed by atoms with van der Waals surface area (Å²) in [6, 6.07) is 35.3. The Morgan fingerprint density at radius 3 is 1.91 bits per heavy atom. The Morgan fingerprint density at radius 2 is 1.24 bits per heavy atom. The molecular weight excluding hydrogens is 583 g/mol. The largest absolute Gasteiger partial charge is 0.424 e. The quantitative estimate of drug-likeness (QED) is 0.0802. The molecular formula is C33H22F3N7O2. The van der Waals surface area contributed by atoms with Crippen molar-refractivity contribution in [2.45, 2.75) is 6.18 Å². The zero-order valence-corrected chi connectivity index (χ0v) is 23.3. The molecule has 0 aliphatic heterocycles. The van der Waals surface area contributed by atoms with Gasteiger partial charge in [-0.05, 0) is 53.2 Å². The van der Waals surface area contributed by atoms with Gasteiger partial charge in [0.1, 0.15) is 11.5 Å². The van der Waals surface area contributed by atoms with Gasteiger partial charge in [0.05, 0.1) is 11.3 Å². The van der Waals surface area contributed by atoms with Gasteiger partial charge in [0.25, 0.3) is 5.95 Å². The first-order valence-corrected chi connectivity index (χ1v) is 13.5. The number of rotatable bonds is 8. The standard InChI is InChI=1S/C33H22F3N7O2/c34-33(35,36)23-13-10-14-24(21-23)40-41-29(28-20-9-12-22-11-7-8-19-27(22)28)42-43-30-37-31(44-25-15-3-1-4-16-25)39-32(38-30)45-26-17-5-2-6-18-26/h1-21H,(H,37,38,39,43)/b41-40?,42-29-. The number of amidine groups is 1. The number of nitrogens with zero attached hydrogens (tertiary/aromatic N) is 6. The lowest BCUT2D eigenvalue weighted by Crippen LogP contribution is -2.07. The van der Waals surface area contributed by atoms with Gasteiger partial charge in [-0.25, -0.2) is 5.43 Å². The number of hydrogen-bond donors (Lipinski definition) is 1. The van der Waals surface area contributed by atoms with E-state index in [1.165, 1.54) is 12.1 Å². The molecule has 0 bridgehead atoms. The molecule has 0 saturated carbocycles. The van der Waals surface area contributed by atoms with Crippen LogP contribution in [0.3, 0.4) is 0 Å². The van der Waals surface area contributed by atoms with Gasteiger partial charge >= 0.3 is 18.2 Å². The molecule has 0 fully saturated rings. The second-order valence-corrected chi connectivity index (χ2v) is 9.38. The molecule has 5 aromatic carbocycles. The van der Waals surface area contributed by atoms with Crippen LogP contribution in [0.4, 0.5) is 24.8 Å². The van der Waals surface area contributed by atoms with Gasteiger partial charge in [0, 0.05) is 5.56 Å². The fraction of sp³-hybridized carbons (Fsp3) is 0.0303. The van der Waals surface area contributed by atoms with E-state index < -0.39 is 11.7 Å². The molecule has 0 spiro atoms. The van der Waals surface area contributed by atoms with Gasteiger partial charge in [0.15, 0.2) is 0 Å². The Kier molecular flexibility index (Phi) is 8.36. The number of benzene rings is 5. The average molecular weight is 606 g/mol. The highest BCUT2D eigenvalue weighted by Crippen LogP contribution is 2.32. The summed E-state index contributed by atoms with van der Waals surface area (Å²) in [4.78, 5) is 12.9. The van der Waals surface area contributed by atoms with Gasteiger partial charge in [-0.3, -0.25) is 0 Å². The van der Waals surface area contributed by atoms with Gasteiger partial charge in [0.2, 0.25) is 5.84 Å². The summed E-state index contributed by atoms with van der Waals surface area (Å²) in [5.74, 6) is 0.972. The summed E-state index contributed by atoms with van der Waals surface area (Å²) in [6.07, 6.45) is -4.53. The highest BCUT2D eigenvalue weighted by Gasteiger charge is 2.30. The number of hydrazone groups is 1. The average Bonchev–Trinajstić information content (AvgIpc) is 3.05. The summed E-state index contributed by atoms with van der Waals surface area (Å²) < 4.78 is 51.6. The van der Waals surface area contributed by atoms with Crippen molar-refractivity contribution in [2.24, 2.45) is 15.3 Å². The summed E-state index contributed by atoms with van der Waals surface area (Å²) in [5, 5.41) is 14.4. The van der Waals surface area contributed by atoms with Crippen LogP contribution in [0, 0.1) is 0 Å². The van der Waals surface area contributed by atoms with E-state index in [-0.39, 0.29) is 29.5 Å². The number of anilines is 1. The van der Waals surface area contributed by atoms with Crippen molar-refractivity contribution < 1.29 is 22.6 Å². The van der Waals surface area contributed by atoms with Gasteiger partial charge < -0.3 is 9.47 Å². The minimum absolute atomic E-state index is 0.00461. The van der Waals surface area contributed by atoms with Crippen LogP contribution in [0.15, 0.2) is 143 Å². The summed E-state index contributed by atoms with van der Waals surface area (Å²) in [5.41, 5.74) is 2.48. The van der Waals surface area contributed by atoms with Crippen LogP contribution < -0.4 is 14.9 Å². The number of para-hydroxylation sites is 2. The maximum Gasteiger partial charge on any atom is 0.416 e. The molecule has 12 heteroatoms. The first kappa shape index (κ1) is 28.9. The molecule has 1 heterocycles. The van der Waals surface area contributed by atoms with E-state index in [1.807, 2.05) is 48.5 Å². The van der Waals surface area contributed by atoms with E-state index in [0.717, 1.165) is 22.9 Å². The first-order valence-electron chi connectivity index (χ1n) is 13.5. The second kappa shape index (κ2) is 13.0. The van der Waals surface area contributed by atoms with E-state index in [0.29, 0.717) is 17.1 Å². The monoisotopic (exact) mass is 605 g/mol. The molecule has 0 radical (unpaired) electrons. The third kappa shape index (κ3) is 7.43. The summed E-state index contributed by atoms with van der Waals surface area (Å²) in [6.45, 7) is 0. The highest BCUT2D eigenvalue weighted by molar-refractivity contribution is 6.10. The number of alkyl halides is 3. The highest BCUT2D eigenvalue weighted by atomic mass is 19.4. The van der Waals surface area contributed by atoms with Crippen molar-refractivity contribution in [1.29, 1.82) is 0 Å². The molecule has 6 rings (SSSR count). The fourth-order valence-corrected chi connectivity index (χ4v) is 4.18. The minimum Gasteiger partial charge on any atom is -0.424 e. The van der Waals surface area contributed by atoms with Crippen LogP contribution in [0.2, 0.25) is 0 Å². The lowest BCUT2D eigenvalue weighted by atomic mass is 10.0. The Balaban J connectivity index is 1.39. The molecule has 0 atom stereocenters. The lowest BCUT2D eigenvalue weighted by molar-refractivity contribution is -0.137. The minimum atomic E-state index is -4.53. The number of nitrogens with one attached hydrogen (secondary N) is 1. The SMILES string of the molecule is FC(F)(F)c1cccc(N=N/C(=N\Nc2nc(Oc3ccccc3)nc(Oc3ccccc3)n2)c2cccc3ccccc23)c1. The summed E-state index contributed by atoms with van der Waals surface area (Å²) >= 11 is 0. The molecule has 0 amide bonds. The summed E-state index contributed by atoms with van der Waals surface area (Å²) in [7, 11) is 0. The maximum atomic E-state index is 13.3. The fourth-order valence-electron chi connectivity index (χ4n) is 4.18. The van der Waals surface area contributed by atoms with E-state index in [1.54, 1.807) is 54.6 Å². The molecule has 0 unspecified atom stereocenters. The number of aromatic nitrogens is 3. The molecule has 1 N–H and O–H groups in total. The van der Waals surface area contributed by atoms with Crippen molar-refractivity contribution >= 4 is 28.2 Å². The van der Waals surface area contributed by atoms with Gasteiger partial charge in [-0.15, -0.1) is 15.2 Å². The molecule has 0 saturated heterocycles. The van der Waals surface area contributed by atoms with E-state index in [2.05, 4.69) is 35.7 Å². The number of azo groups is 1. The first-order chi connectivity index (χ1) is 21.9. The number of fused-ring (bicyclic) bond motifs is 1. The van der Waals surface area contributed by atoms with E-state index in [9.17, 15) is 13.2 Å². The lowest BCUT2D eigenvalue weighted by Gasteiger charge is -2.10. The van der Waals surface area contributed by atoms with Crippen LogP contribution in [-0.2, 0) is 6.18 Å². The van der Waals surface area contributed by atoms with Gasteiger partial charge in [-0.1, -0.05) is 84.9 Å². The predicted molar refractivity (Wildman–Crippen MR) is 163 cm³/mol. The molecule has 0 aliphatic carbocycles. The molecule has 6 aromatic rings. The molecule has 222 valence electrons. The molecule has 1 aromatic heterocycles. The van der Waals surface area contributed by atoms with Crippen molar-refractivity contribution in [3.63, 3.8) is 0 Å². The third-order valence-electron chi connectivity index (χ3n) is 6.23. The van der Waals surface area contributed by atoms with Crippen LogP contribution in [0.25, 0.3) is 10.8 Å². The Hall–Kier alpha value is -6.17. The van der Waals surface area contributed by atoms with Crippen molar-refractivity contribution in [3.05, 3.63) is 139 Å². The van der Waals surface area contributed by atoms with Crippen LogP contribution in [0.1, 0.15) is 11.1 Å². The van der Waals surface area contributed by atoms with Crippen LogP contribution >= 0.6 is 0 Å². The topological polar surface area (TPSA) is 106 Å². The Bertz CT molecular complexity index is 1920. The molecule has 45 heavy (non-hydrogen) atoms.